The van der Waals surface area contributed by atoms with Crippen LogP contribution in [-0.2, 0) is 15.3 Å². The van der Waals surface area contributed by atoms with Crippen molar-refractivity contribution < 1.29 is 18.6 Å². The van der Waals surface area contributed by atoms with Gasteiger partial charge in [-0.25, -0.2) is 0 Å². The second kappa shape index (κ2) is 11.2. The van der Waals surface area contributed by atoms with E-state index in [4.69, 9.17) is 4.52 Å². The maximum Gasteiger partial charge on any atom is 0.306 e. The minimum Gasteiger partial charge on any atom is -0.437 e. The van der Waals surface area contributed by atoms with Crippen LogP contribution in [0.3, 0.4) is 0 Å². The third kappa shape index (κ3) is 5.49. The van der Waals surface area contributed by atoms with Crippen molar-refractivity contribution in [2.45, 2.75) is 6.16 Å². The molecule has 0 saturated heterocycles. The molecule has 0 aliphatic heterocycles. The zero-order valence-corrected chi connectivity index (χ0v) is 22.7. The van der Waals surface area contributed by atoms with Gasteiger partial charge < -0.3 is 9.09 Å². The number of nitrogens with zero attached hydrogens (tertiary/aromatic N) is 1. The van der Waals surface area contributed by atoms with E-state index in [1.54, 1.807) is 72.8 Å². The van der Waals surface area contributed by atoms with Crippen LogP contribution < -0.4 is 25.7 Å². The van der Waals surface area contributed by atoms with E-state index in [0.717, 1.165) is 0 Å². The van der Waals surface area contributed by atoms with Gasteiger partial charge in [0.25, 0.3) is 5.69 Å². The van der Waals surface area contributed by atoms with Gasteiger partial charge in [0, 0.05) is 34.5 Å². The molecule has 0 bridgehead atoms. The Balaban J connectivity index is 1.67. The molecule has 6 nitrogen and oxygen atoms in total. The Labute approximate surface area is 226 Å². The van der Waals surface area contributed by atoms with Crippen LogP contribution in [0.5, 0.6) is 5.75 Å². The molecule has 0 fully saturated rings. The highest BCUT2D eigenvalue weighted by atomic mass is 31.2. The molecule has 0 aromatic heterocycles. The molecule has 0 radical (unpaired) electrons. The summed E-state index contributed by atoms with van der Waals surface area (Å²) >= 11 is 0. The molecule has 0 aliphatic carbocycles. The lowest BCUT2D eigenvalue weighted by atomic mass is 10.2. The molecule has 0 heterocycles. The van der Waals surface area contributed by atoms with Crippen molar-refractivity contribution in [3.63, 3.8) is 0 Å². The summed E-state index contributed by atoms with van der Waals surface area (Å²) in [6.07, 6.45) is -0.0539. The SMILES string of the molecule is O=[N+]([O-])c1ccc(OP(=O)(c2ccccc2)c2ccccc2)c(CP(=O)(c2ccccc2)c2ccccc2)c1. The van der Waals surface area contributed by atoms with Crippen molar-refractivity contribution in [2.24, 2.45) is 0 Å². The summed E-state index contributed by atoms with van der Waals surface area (Å²) in [7, 11) is -7.01. The second-order valence-corrected chi connectivity index (χ2v) is 14.1. The molecule has 0 atom stereocenters. The zero-order chi connectivity index (χ0) is 27.3. The summed E-state index contributed by atoms with van der Waals surface area (Å²) in [4.78, 5) is 11.2. The summed E-state index contributed by atoms with van der Waals surface area (Å²) in [6, 6.07) is 40.0. The van der Waals surface area contributed by atoms with Crippen LogP contribution in [0, 0.1) is 10.1 Å². The van der Waals surface area contributed by atoms with Crippen molar-refractivity contribution >= 4 is 41.4 Å². The van der Waals surface area contributed by atoms with E-state index >= 15 is 0 Å². The van der Waals surface area contributed by atoms with E-state index in [1.807, 2.05) is 48.5 Å². The van der Waals surface area contributed by atoms with Gasteiger partial charge in [-0.2, -0.15) is 0 Å². The largest absolute Gasteiger partial charge is 0.437 e. The molecular formula is C31H25NO5P2. The first-order valence-electron chi connectivity index (χ1n) is 12.3. The lowest BCUT2D eigenvalue weighted by molar-refractivity contribution is -0.384. The summed E-state index contributed by atoms with van der Waals surface area (Å²) in [5.41, 5.74) is 0.173. The smallest absolute Gasteiger partial charge is 0.306 e. The summed E-state index contributed by atoms with van der Waals surface area (Å²) in [5.74, 6) is 0.184. The molecule has 0 N–H and O–H groups in total. The van der Waals surface area contributed by atoms with E-state index in [2.05, 4.69) is 0 Å². The topological polar surface area (TPSA) is 86.5 Å². The highest BCUT2D eigenvalue weighted by molar-refractivity contribution is 7.78. The molecule has 5 aromatic carbocycles. The number of nitro benzene ring substituents is 1. The molecule has 0 spiro atoms. The van der Waals surface area contributed by atoms with Crippen LogP contribution in [-0.4, -0.2) is 4.92 Å². The van der Waals surface area contributed by atoms with E-state index in [-0.39, 0.29) is 17.6 Å². The first kappa shape index (κ1) is 26.4. The average Bonchev–Trinajstić information content (AvgIpc) is 2.99. The highest BCUT2D eigenvalue weighted by Gasteiger charge is 2.34. The van der Waals surface area contributed by atoms with E-state index in [9.17, 15) is 19.2 Å². The minimum atomic E-state index is -3.68. The predicted molar refractivity (Wildman–Crippen MR) is 157 cm³/mol. The number of rotatable bonds is 9. The number of hydrogen-bond acceptors (Lipinski definition) is 5. The van der Waals surface area contributed by atoms with Crippen LogP contribution in [0.1, 0.15) is 5.56 Å². The Hall–Kier alpha value is -4.24. The molecular weight excluding hydrogens is 528 g/mol. The fraction of sp³-hybridized carbons (Fsp3) is 0.0323. The van der Waals surface area contributed by atoms with E-state index in [1.165, 1.54) is 18.2 Å². The van der Waals surface area contributed by atoms with Gasteiger partial charge in [0.15, 0.2) is 0 Å². The molecule has 0 unspecified atom stereocenters. The second-order valence-electron chi connectivity index (χ2n) is 8.93. The van der Waals surface area contributed by atoms with Crippen molar-refractivity contribution in [1.29, 1.82) is 0 Å². The van der Waals surface area contributed by atoms with Crippen LogP contribution in [0.25, 0.3) is 0 Å². The fourth-order valence-electron chi connectivity index (χ4n) is 4.44. The molecule has 5 aromatic rings. The van der Waals surface area contributed by atoms with Crippen LogP contribution >= 0.6 is 14.5 Å². The van der Waals surface area contributed by atoms with Gasteiger partial charge in [0.05, 0.1) is 15.5 Å². The number of benzene rings is 5. The standard InChI is InChI=1S/C31H25NO5P2/c33-32(34)26-21-22-31(37-39(36,29-17-9-3-10-18-29)30-19-11-4-12-20-30)25(23-26)24-38(35,27-13-5-1-6-14-27)28-15-7-2-8-16-28/h1-23H,24H2. The Morgan fingerprint density at radius 3 is 1.41 bits per heavy atom. The summed E-state index contributed by atoms with van der Waals surface area (Å²) in [6.45, 7) is 0. The number of nitro groups is 1. The van der Waals surface area contributed by atoms with Gasteiger partial charge in [-0.3, -0.25) is 14.7 Å². The van der Waals surface area contributed by atoms with Gasteiger partial charge in [-0.1, -0.05) is 97.1 Å². The van der Waals surface area contributed by atoms with Gasteiger partial charge in [0.1, 0.15) is 12.9 Å². The van der Waals surface area contributed by atoms with Crippen molar-refractivity contribution in [2.75, 3.05) is 0 Å². The molecule has 194 valence electrons. The van der Waals surface area contributed by atoms with Crippen molar-refractivity contribution in [1.82, 2.24) is 0 Å². The summed E-state index contributed by atoms with van der Waals surface area (Å²) in [5, 5.41) is 13.9. The number of hydrogen-bond donors (Lipinski definition) is 0. The molecule has 0 amide bonds. The first-order valence-corrected chi connectivity index (χ1v) is 15.8. The third-order valence-electron chi connectivity index (χ3n) is 6.41. The lowest BCUT2D eigenvalue weighted by Crippen LogP contribution is -2.21. The lowest BCUT2D eigenvalue weighted by Gasteiger charge is -2.24. The monoisotopic (exact) mass is 553 g/mol. The van der Waals surface area contributed by atoms with Gasteiger partial charge >= 0.3 is 7.37 Å². The molecule has 0 saturated carbocycles. The Bertz CT molecular complexity index is 1590. The van der Waals surface area contributed by atoms with E-state index < -0.39 is 19.4 Å². The minimum absolute atomic E-state index is 0.0539. The fourth-order valence-corrected chi connectivity index (χ4v) is 9.23. The molecule has 39 heavy (non-hydrogen) atoms. The molecule has 8 heteroatoms. The maximum atomic E-state index is 14.8. The first-order chi connectivity index (χ1) is 18.9. The van der Waals surface area contributed by atoms with Crippen molar-refractivity contribution in [3.05, 3.63) is 155 Å². The Kier molecular flexibility index (Phi) is 7.60. The van der Waals surface area contributed by atoms with Crippen molar-refractivity contribution in [3.8, 4) is 5.75 Å². The Morgan fingerprint density at radius 1 is 0.590 bits per heavy atom. The summed E-state index contributed by atoms with van der Waals surface area (Å²) < 4.78 is 35.8. The quantitative estimate of drug-likeness (QED) is 0.120. The van der Waals surface area contributed by atoms with E-state index in [0.29, 0.717) is 26.8 Å². The average molecular weight is 553 g/mol. The van der Waals surface area contributed by atoms with Crippen LogP contribution in [0.2, 0.25) is 0 Å². The van der Waals surface area contributed by atoms with Gasteiger partial charge in [-0.05, 0) is 30.3 Å². The van der Waals surface area contributed by atoms with Gasteiger partial charge in [-0.15, -0.1) is 0 Å². The van der Waals surface area contributed by atoms with Crippen LogP contribution in [0.4, 0.5) is 5.69 Å². The third-order valence-corrected chi connectivity index (χ3v) is 11.9. The van der Waals surface area contributed by atoms with Crippen LogP contribution in [0.15, 0.2) is 140 Å². The Morgan fingerprint density at radius 2 is 1.00 bits per heavy atom. The normalized spacial score (nSPS) is 11.6. The molecule has 0 aliphatic rings. The number of non-ortho nitro benzene ring substituents is 1. The highest BCUT2D eigenvalue weighted by Crippen LogP contribution is 2.52. The van der Waals surface area contributed by atoms with Gasteiger partial charge in [0.2, 0.25) is 0 Å². The maximum absolute atomic E-state index is 14.8. The molecule has 5 rings (SSSR count). The predicted octanol–water partition coefficient (Wildman–Crippen LogP) is 6.42. The zero-order valence-electron chi connectivity index (χ0n) is 20.9.